The number of aromatic nitrogens is 1. The van der Waals surface area contributed by atoms with Gasteiger partial charge in [0.1, 0.15) is 18.7 Å². The molecule has 1 unspecified atom stereocenters. The number of primary amides is 1. The van der Waals surface area contributed by atoms with E-state index in [0.29, 0.717) is 17.8 Å². The molecule has 0 saturated carbocycles. The molecule has 0 radical (unpaired) electrons. The minimum Gasteiger partial charge on any atom is -0.365 e. The fraction of sp³-hybridized carbons (Fsp3) is 0.238. The monoisotopic (exact) mass is 365 g/mol. The van der Waals surface area contributed by atoms with Gasteiger partial charge < -0.3 is 25.1 Å². The summed E-state index contributed by atoms with van der Waals surface area (Å²) in [6.07, 6.45) is 1.77. The van der Waals surface area contributed by atoms with Gasteiger partial charge >= 0.3 is 0 Å². The summed E-state index contributed by atoms with van der Waals surface area (Å²) in [5, 5.41) is 4.00. The number of amides is 1. The van der Waals surface area contributed by atoms with Gasteiger partial charge in [0.05, 0.1) is 11.2 Å². The lowest BCUT2D eigenvalue weighted by Crippen LogP contribution is -2.23. The van der Waals surface area contributed by atoms with E-state index in [1.165, 1.54) is 0 Å². The Morgan fingerprint density at radius 2 is 1.89 bits per heavy atom. The largest absolute Gasteiger partial charge is 0.365 e. The molecule has 3 aromatic rings. The molecule has 0 spiro atoms. The Bertz CT molecular complexity index is 934. The zero-order chi connectivity index (χ0) is 19.2. The number of benzene rings is 2. The molecule has 0 aliphatic rings. The van der Waals surface area contributed by atoms with Crippen LogP contribution in [0.2, 0.25) is 0 Å². The van der Waals surface area contributed by atoms with E-state index in [9.17, 15) is 9.59 Å². The lowest BCUT2D eigenvalue weighted by atomic mass is 10.0. The number of fused-ring (bicyclic) bond motifs is 1. The topological polar surface area (TPSA) is 86.3 Å². The SMILES string of the molecule is COCNc1c(C(N)=O)n(C(CC=O)Cc2ccccc2)c2ccccc12. The molecule has 1 amide bonds. The second kappa shape index (κ2) is 8.51. The highest BCUT2D eigenvalue weighted by molar-refractivity contribution is 6.08. The first-order valence-corrected chi connectivity index (χ1v) is 8.80. The third-order valence-corrected chi connectivity index (χ3v) is 4.58. The molecular formula is C21H23N3O3. The zero-order valence-corrected chi connectivity index (χ0v) is 15.2. The van der Waals surface area contributed by atoms with Crippen LogP contribution in [0.25, 0.3) is 10.9 Å². The standard InChI is InChI=1S/C21H23N3O3/c1-27-14-23-19-17-9-5-6-10-18(17)24(20(19)21(22)26)16(11-12-25)13-15-7-3-2-4-8-15/h2-10,12,16,23H,11,13-14H2,1H3,(H2,22,26). The van der Waals surface area contributed by atoms with Crippen LogP contribution in [0.1, 0.15) is 28.5 Å². The molecule has 0 bridgehead atoms. The fourth-order valence-electron chi connectivity index (χ4n) is 3.49. The van der Waals surface area contributed by atoms with Gasteiger partial charge in [-0.15, -0.1) is 0 Å². The second-order valence-electron chi connectivity index (χ2n) is 6.33. The van der Waals surface area contributed by atoms with Crippen LogP contribution in [0.3, 0.4) is 0 Å². The molecule has 140 valence electrons. The number of nitrogens with two attached hydrogens (primary N) is 1. The average Bonchev–Trinajstić information content (AvgIpc) is 3.01. The van der Waals surface area contributed by atoms with Crippen molar-refractivity contribution in [2.24, 2.45) is 5.73 Å². The quantitative estimate of drug-likeness (QED) is 0.451. The van der Waals surface area contributed by atoms with Crippen LogP contribution < -0.4 is 11.1 Å². The molecule has 0 aliphatic carbocycles. The summed E-state index contributed by atoms with van der Waals surface area (Å²) in [7, 11) is 1.57. The Morgan fingerprint density at radius 3 is 2.56 bits per heavy atom. The minimum atomic E-state index is -0.547. The number of methoxy groups -OCH3 is 1. The maximum Gasteiger partial charge on any atom is 0.267 e. The van der Waals surface area contributed by atoms with Gasteiger partial charge in [-0.3, -0.25) is 4.79 Å². The van der Waals surface area contributed by atoms with E-state index in [-0.39, 0.29) is 19.2 Å². The van der Waals surface area contributed by atoms with Crippen molar-refractivity contribution in [3.8, 4) is 0 Å². The second-order valence-corrected chi connectivity index (χ2v) is 6.33. The summed E-state index contributed by atoms with van der Waals surface area (Å²) in [6.45, 7) is 0.241. The van der Waals surface area contributed by atoms with E-state index in [2.05, 4.69) is 5.32 Å². The van der Waals surface area contributed by atoms with E-state index >= 15 is 0 Å². The van der Waals surface area contributed by atoms with Gasteiger partial charge in [-0.25, -0.2) is 0 Å². The molecule has 3 N–H and O–H groups in total. The summed E-state index contributed by atoms with van der Waals surface area (Å²) < 4.78 is 7.00. The number of hydrogen-bond donors (Lipinski definition) is 2. The third-order valence-electron chi connectivity index (χ3n) is 4.58. The molecule has 27 heavy (non-hydrogen) atoms. The van der Waals surface area contributed by atoms with Crippen LogP contribution >= 0.6 is 0 Å². The number of para-hydroxylation sites is 1. The maximum absolute atomic E-state index is 12.4. The summed E-state index contributed by atoms with van der Waals surface area (Å²) in [5.41, 5.74) is 8.68. The van der Waals surface area contributed by atoms with E-state index in [4.69, 9.17) is 10.5 Å². The molecule has 0 aliphatic heterocycles. The maximum atomic E-state index is 12.4. The smallest absolute Gasteiger partial charge is 0.267 e. The van der Waals surface area contributed by atoms with E-state index < -0.39 is 5.91 Å². The lowest BCUT2D eigenvalue weighted by molar-refractivity contribution is -0.108. The Balaban J connectivity index is 2.18. The average molecular weight is 365 g/mol. The van der Waals surface area contributed by atoms with Crippen molar-refractivity contribution in [3.63, 3.8) is 0 Å². The summed E-state index contributed by atoms with van der Waals surface area (Å²) in [4.78, 5) is 23.8. The highest BCUT2D eigenvalue weighted by atomic mass is 16.5. The number of hydrogen-bond acceptors (Lipinski definition) is 4. The van der Waals surface area contributed by atoms with Crippen molar-refractivity contribution in [2.45, 2.75) is 18.9 Å². The summed E-state index contributed by atoms with van der Waals surface area (Å²) >= 11 is 0. The Labute approximate surface area is 157 Å². The van der Waals surface area contributed by atoms with Crippen LogP contribution in [0.4, 0.5) is 5.69 Å². The highest BCUT2D eigenvalue weighted by Gasteiger charge is 2.25. The zero-order valence-electron chi connectivity index (χ0n) is 15.2. The molecule has 6 heteroatoms. The Kier molecular flexibility index (Phi) is 5.88. The van der Waals surface area contributed by atoms with Crippen LogP contribution in [0.5, 0.6) is 0 Å². The van der Waals surface area contributed by atoms with Gasteiger partial charge in [-0.05, 0) is 18.1 Å². The van der Waals surface area contributed by atoms with E-state index in [1.807, 2.05) is 59.2 Å². The Morgan fingerprint density at radius 1 is 1.19 bits per heavy atom. The van der Waals surface area contributed by atoms with E-state index in [1.54, 1.807) is 7.11 Å². The van der Waals surface area contributed by atoms with Gasteiger partial charge in [0.2, 0.25) is 0 Å². The van der Waals surface area contributed by atoms with E-state index in [0.717, 1.165) is 22.8 Å². The molecule has 1 aromatic heterocycles. The first kappa shape index (κ1) is 18.7. The number of rotatable bonds is 9. The van der Waals surface area contributed by atoms with Gasteiger partial charge in [-0.2, -0.15) is 0 Å². The molecule has 3 rings (SSSR count). The van der Waals surface area contributed by atoms with Crippen molar-refractivity contribution < 1.29 is 14.3 Å². The first-order chi connectivity index (χ1) is 13.2. The van der Waals surface area contributed by atoms with Gasteiger partial charge in [-0.1, -0.05) is 48.5 Å². The molecule has 0 fully saturated rings. The number of anilines is 1. The summed E-state index contributed by atoms with van der Waals surface area (Å²) in [5.74, 6) is -0.547. The molecule has 0 saturated heterocycles. The van der Waals surface area contributed by atoms with Crippen molar-refractivity contribution >= 4 is 28.8 Å². The van der Waals surface area contributed by atoms with Crippen LogP contribution in [0.15, 0.2) is 54.6 Å². The minimum absolute atomic E-state index is 0.226. The normalized spacial score (nSPS) is 12.0. The molecule has 1 heterocycles. The highest BCUT2D eigenvalue weighted by Crippen LogP contribution is 2.35. The molecule has 2 aromatic carbocycles. The van der Waals surface area contributed by atoms with Crippen LogP contribution in [-0.4, -0.2) is 30.6 Å². The van der Waals surface area contributed by atoms with Gasteiger partial charge in [0.15, 0.2) is 0 Å². The Hall–Kier alpha value is -3.12. The number of aldehydes is 1. The fourth-order valence-corrected chi connectivity index (χ4v) is 3.49. The summed E-state index contributed by atoms with van der Waals surface area (Å²) in [6, 6.07) is 17.3. The number of nitrogens with one attached hydrogen (secondary N) is 1. The molecule has 6 nitrogen and oxygen atoms in total. The predicted molar refractivity (Wildman–Crippen MR) is 106 cm³/mol. The molecular weight excluding hydrogens is 342 g/mol. The van der Waals surface area contributed by atoms with Crippen LogP contribution in [-0.2, 0) is 16.0 Å². The van der Waals surface area contributed by atoms with Crippen molar-refractivity contribution in [1.82, 2.24) is 4.57 Å². The number of carbonyl (C=O) groups is 2. The first-order valence-electron chi connectivity index (χ1n) is 8.80. The van der Waals surface area contributed by atoms with Crippen molar-refractivity contribution in [2.75, 3.05) is 19.2 Å². The van der Waals surface area contributed by atoms with Gasteiger partial charge in [0, 0.05) is 25.0 Å². The van der Waals surface area contributed by atoms with Crippen LogP contribution in [0, 0.1) is 0 Å². The lowest BCUT2D eigenvalue weighted by Gasteiger charge is -2.21. The predicted octanol–water partition coefficient (Wildman–Crippen LogP) is 3.13. The number of carbonyl (C=O) groups excluding carboxylic acids is 2. The molecule has 1 atom stereocenters. The number of ether oxygens (including phenoxy) is 1. The number of nitrogens with zero attached hydrogens (tertiary/aromatic N) is 1. The van der Waals surface area contributed by atoms with Crippen molar-refractivity contribution in [1.29, 1.82) is 0 Å². The van der Waals surface area contributed by atoms with Gasteiger partial charge in [0.25, 0.3) is 5.91 Å². The third kappa shape index (κ3) is 3.85. The van der Waals surface area contributed by atoms with Crippen molar-refractivity contribution in [3.05, 3.63) is 65.9 Å².